The molecule has 0 spiro atoms. The molecule has 0 aromatic carbocycles. The molecule has 1 rings (SSSR count). The minimum atomic E-state index is 0.0503. The van der Waals surface area contributed by atoms with Crippen molar-refractivity contribution in [3.8, 4) is 0 Å². The van der Waals surface area contributed by atoms with Crippen LogP contribution in [0.3, 0.4) is 0 Å². The molecular formula is C11H17NO2S2. The number of hydrogen-bond acceptors (Lipinski definition) is 4. The van der Waals surface area contributed by atoms with E-state index in [-0.39, 0.29) is 12.5 Å². The van der Waals surface area contributed by atoms with Crippen LogP contribution >= 0.6 is 24.0 Å². The number of amides is 1. The van der Waals surface area contributed by atoms with Gasteiger partial charge in [0.05, 0.1) is 4.88 Å². The van der Waals surface area contributed by atoms with E-state index in [4.69, 9.17) is 5.11 Å². The number of nitrogens with zero attached hydrogens (tertiary/aromatic N) is 1. The maximum Gasteiger partial charge on any atom is 0.263 e. The van der Waals surface area contributed by atoms with Crippen LogP contribution < -0.4 is 0 Å². The number of unbranched alkanes of at least 4 members (excludes halogenated alkanes) is 2. The molecule has 1 aromatic heterocycles. The largest absolute Gasteiger partial charge is 0.396 e. The lowest BCUT2D eigenvalue weighted by Crippen LogP contribution is -2.27. The number of carbonyl (C=O) groups excluding carboxylic acids is 1. The second-order valence-corrected chi connectivity index (χ2v) is 5.11. The molecule has 0 bridgehead atoms. The number of aliphatic hydroxyl groups excluding tert-OH is 1. The zero-order valence-corrected chi connectivity index (χ0v) is 11.1. The lowest BCUT2D eigenvalue weighted by molar-refractivity contribution is 0.0797. The average molecular weight is 259 g/mol. The second kappa shape index (κ2) is 6.93. The fraction of sp³-hybridized carbons (Fsp3) is 0.545. The number of hydrogen-bond donors (Lipinski definition) is 2. The third-order valence-electron chi connectivity index (χ3n) is 2.29. The Bertz CT molecular complexity index is 338. The minimum absolute atomic E-state index is 0.0503. The second-order valence-electron chi connectivity index (χ2n) is 3.68. The summed E-state index contributed by atoms with van der Waals surface area (Å²) in [6.07, 6.45) is 2.69. The maximum atomic E-state index is 11.9. The Labute approximate surface area is 105 Å². The summed E-state index contributed by atoms with van der Waals surface area (Å²) in [5.74, 6) is 0.0503. The first kappa shape index (κ1) is 13.5. The van der Waals surface area contributed by atoms with E-state index in [1.54, 1.807) is 18.0 Å². The molecule has 0 aliphatic carbocycles. The summed E-state index contributed by atoms with van der Waals surface area (Å²) in [7, 11) is 1.80. The molecule has 0 aliphatic rings. The van der Waals surface area contributed by atoms with Gasteiger partial charge in [0.2, 0.25) is 0 Å². The van der Waals surface area contributed by atoms with Gasteiger partial charge in [-0.15, -0.1) is 24.0 Å². The van der Waals surface area contributed by atoms with Crippen molar-refractivity contribution >= 4 is 29.9 Å². The highest BCUT2D eigenvalue weighted by Crippen LogP contribution is 2.19. The first-order chi connectivity index (χ1) is 7.65. The molecule has 16 heavy (non-hydrogen) atoms. The summed E-state index contributed by atoms with van der Waals surface area (Å²) in [4.78, 5) is 15.2. The van der Waals surface area contributed by atoms with E-state index in [9.17, 15) is 4.79 Å². The van der Waals surface area contributed by atoms with Crippen LogP contribution in [0.5, 0.6) is 0 Å². The lowest BCUT2D eigenvalue weighted by atomic mass is 10.2. The highest BCUT2D eigenvalue weighted by atomic mass is 32.1. The predicted octanol–water partition coefficient (Wildman–Crippen LogP) is 2.27. The van der Waals surface area contributed by atoms with Crippen LogP contribution in [0.4, 0.5) is 0 Å². The number of rotatable bonds is 6. The van der Waals surface area contributed by atoms with Crippen LogP contribution in [-0.2, 0) is 0 Å². The van der Waals surface area contributed by atoms with Crippen LogP contribution in [0.1, 0.15) is 28.9 Å². The van der Waals surface area contributed by atoms with Gasteiger partial charge in [-0.25, -0.2) is 0 Å². The smallest absolute Gasteiger partial charge is 0.263 e. The van der Waals surface area contributed by atoms with Gasteiger partial charge in [-0.05, 0) is 25.3 Å². The Morgan fingerprint density at radius 2 is 2.25 bits per heavy atom. The average Bonchev–Trinajstić information content (AvgIpc) is 2.70. The first-order valence-electron chi connectivity index (χ1n) is 5.29. The molecular weight excluding hydrogens is 242 g/mol. The van der Waals surface area contributed by atoms with Crippen LogP contribution in [0.15, 0.2) is 16.3 Å². The van der Waals surface area contributed by atoms with Crippen molar-refractivity contribution in [2.24, 2.45) is 0 Å². The molecule has 1 heterocycles. The van der Waals surface area contributed by atoms with Gasteiger partial charge in [0, 0.05) is 30.5 Å². The summed E-state index contributed by atoms with van der Waals surface area (Å²) in [5, 5.41) is 10.5. The lowest BCUT2D eigenvalue weighted by Gasteiger charge is -2.15. The summed E-state index contributed by atoms with van der Waals surface area (Å²) in [6, 6.07) is 1.79. The fourth-order valence-electron chi connectivity index (χ4n) is 1.37. The van der Waals surface area contributed by atoms with E-state index in [1.807, 2.05) is 5.38 Å². The van der Waals surface area contributed by atoms with Crippen molar-refractivity contribution < 1.29 is 9.90 Å². The van der Waals surface area contributed by atoms with E-state index in [2.05, 4.69) is 12.6 Å². The van der Waals surface area contributed by atoms with Gasteiger partial charge >= 0.3 is 0 Å². The Balaban J connectivity index is 2.36. The van der Waals surface area contributed by atoms with Gasteiger partial charge in [0.1, 0.15) is 0 Å². The Morgan fingerprint density at radius 1 is 1.50 bits per heavy atom. The topological polar surface area (TPSA) is 40.5 Å². The van der Waals surface area contributed by atoms with E-state index >= 15 is 0 Å². The minimum Gasteiger partial charge on any atom is -0.396 e. The van der Waals surface area contributed by atoms with E-state index in [1.165, 1.54) is 11.3 Å². The van der Waals surface area contributed by atoms with Gasteiger partial charge in [-0.3, -0.25) is 4.79 Å². The normalized spacial score (nSPS) is 10.4. The summed E-state index contributed by atoms with van der Waals surface area (Å²) in [6.45, 7) is 0.963. The summed E-state index contributed by atoms with van der Waals surface area (Å²) >= 11 is 5.60. The third kappa shape index (κ3) is 4.15. The predicted molar refractivity (Wildman–Crippen MR) is 69.5 cm³/mol. The number of thiophene rings is 1. The van der Waals surface area contributed by atoms with Gasteiger partial charge < -0.3 is 10.0 Å². The molecule has 3 nitrogen and oxygen atoms in total. The molecule has 1 amide bonds. The van der Waals surface area contributed by atoms with Crippen molar-refractivity contribution in [2.45, 2.75) is 24.2 Å². The Morgan fingerprint density at radius 3 is 2.81 bits per heavy atom. The molecule has 90 valence electrons. The molecule has 0 fully saturated rings. The van der Waals surface area contributed by atoms with Crippen molar-refractivity contribution in [2.75, 3.05) is 20.2 Å². The maximum absolute atomic E-state index is 11.9. The molecule has 0 atom stereocenters. The zero-order valence-electron chi connectivity index (χ0n) is 9.35. The standard InChI is InChI=1S/C11H17NO2S2/c1-12(5-3-2-4-6-13)11(14)10-7-9(15)8-16-10/h7-8,13,15H,2-6H2,1H3. The molecule has 0 unspecified atom stereocenters. The van der Waals surface area contributed by atoms with E-state index in [0.717, 1.165) is 35.6 Å². The van der Waals surface area contributed by atoms with E-state index in [0.29, 0.717) is 0 Å². The summed E-state index contributed by atoms with van der Waals surface area (Å²) in [5.41, 5.74) is 0. The van der Waals surface area contributed by atoms with Crippen LogP contribution in [0, 0.1) is 0 Å². The monoisotopic (exact) mass is 259 g/mol. The highest BCUT2D eigenvalue weighted by molar-refractivity contribution is 7.80. The van der Waals surface area contributed by atoms with Gasteiger partial charge in [-0.1, -0.05) is 0 Å². The van der Waals surface area contributed by atoms with Crippen molar-refractivity contribution in [1.29, 1.82) is 0 Å². The molecule has 0 aliphatic heterocycles. The highest BCUT2D eigenvalue weighted by Gasteiger charge is 2.12. The van der Waals surface area contributed by atoms with Crippen LogP contribution in [0.25, 0.3) is 0 Å². The number of thiol groups is 1. The molecule has 0 radical (unpaired) electrons. The Kier molecular flexibility index (Phi) is 5.87. The molecule has 0 saturated heterocycles. The Hall–Kier alpha value is -0.520. The van der Waals surface area contributed by atoms with Gasteiger partial charge in [0.25, 0.3) is 5.91 Å². The third-order valence-corrected chi connectivity index (χ3v) is 3.65. The quantitative estimate of drug-likeness (QED) is 0.608. The molecule has 1 N–H and O–H groups in total. The summed E-state index contributed by atoms with van der Waals surface area (Å²) < 4.78 is 0. The number of carbonyl (C=O) groups is 1. The van der Waals surface area contributed by atoms with Gasteiger partial charge in [-0.2, -0.15) is 0 Å². The number of aliphatic hydroxyl groups is 1. The molecule has 5 heteroatoms. The molecule has 0 saturated carbocycles. The van der Waals surface area contributed by atoms with Crippen LogP contribution in [-0.4, -0.2) is 36.1 Å². The van der Waals surface area contributed by atoms with Crippen LogP contribution in [0.2, 0.25) is 0 Å². The molecule has 1 aromatic rings. The van der Waals surface area contributed by atoms with Gasteiger partial charge in [0.15, 0.2) is 0 Å². The first-order valence-corrected chi connectivity index (χ1v) is 6.61. The van der Waals surface area contributed by atoms with Crippen molar-refractivity contribution in [3.05, 3.63) is 16.3 Å². The zero-order chi connectivity index (χ0) is 12.0. The fourth-order valence-corrected chi connectivity index (χ4v) is 2.51. The SMILES string of the molecule is CN(CCCCCO)C(=O)c1cc(S)cs1. The van der Waals surface area contributed by atoms with E-state index < -0.39 is 0 Å². The van der Waals surface area contributed by atoms with Crippen molar-refractivity contribution in [3.63, 3.8) is 0 Å². The van der Waals surface area contributed by atoms with Crippen molar-refractivity contribution in [1.82, 2.24) is 4.90 Å².